The molecule has 0 aliphatic rings. The maximum atomic E-state index is 11.7. The number of hydrazine groups is 2. The molecule has 1 unspecified atom stereocenters. The van der Waals surface area contributed by atoms with Gasteiger partial charge in [0.05, 0.1) is 0 Å². The Morgan fingerprint density at radius 1 is 0.950 bits per heavy atom. The molecule has 0 rings (SSSR count). The van der Waals surface area contributed by atoms with Crippen LogP contribution in [-0.2, 0) is 14.4 Å². The first kappa shape index (κ1) is 18.7. The second-order valence-electron chi connectivity index (χ2n) is 4.27. The summed E-state index contributed by atoms with van der Waals surface area (Å²) in [5, 5.41) is 2.55. The predicted octanol–water partition coefficient (Wildman–Crippen LogP) is -1.28. The highest BCUT2D eigenvalue weighted by atomic mass is 32.1. The molecule has 116 valence electrons. The summed E-state index contributed by atoms with van der Waals surface area (Å²) in [5.41, 5.74) is 3.92. The molecule has 0 saturated heterocycles. The van der Waals surface area contributed by atoms with Gasteiger partial charge in [0.2, 0.25) is 11.8 Å². The molecule has 0 aromatic heterocycles. The zero-order chi connectivity index (χ0) is 15.4. The van der Waals surface area contributed by atoms with Crippen LogP contribution in [0.25, 0.3) is 0 Å². The number of rotatable bonds is 10. The van der Waals surface area contributed by atoms with Gasteiger partial charge < -0.3 is 5.32 Å². The zero-order valence-electron chi connectivity index (χ0n) is 11.4. The monoisotopic (exact) mass is 305 g/mol. The number of hydrogen-bond acceptors (Lipinski definition) is 6. The quantitative estimate of drug-likeness (QED) is 0.0981. The molecule has 0 aliphatic heterocycles. The van der Waals surface area contributed by atoms with Crippen molar-refractivity contribution in [3.05, 3.63) is 0 Å². The van der Waals surface area contributed by atoms with Gasteiger partial charge in [0, 0.05) is 12.8 Å². The van der Waals surface area contributed by atoms with Crippen molar-refractivity contribution in [3.8, 4) is 0 Å². The highest BCUT2D eigenvalue weighted by Gasteiger charge is 2.20. The Balaban J connectivity index is 4.17. The summed E-state index contributed by atoms with van der Waals surface area (Å²) in [7, 11) is 0. The largest absolute Gasteiger partial charge is 0.344 e. The number of nitrogens with two attached hydrogens (primary N) is 2. The Bertz CT molecular complexity index is 327. The van der Waals surface area contributed by atoms with E-state index in [4.69, 9.17) is 11.7 Å². The molecule has 8 nitrogen and oxygen atoms in total. The Labute approximate surface area is 123 Å². The first-order valence-corrected chi connectivity index (χ1v) is 7.08. The van der Waals surface area contributed by atoms with E-state index in [0.29, 0.717) is 6.42 Å². The van der Waals surface area contributed by atoms with Crippen molar-refractivity contribution in [2.75, 3.05) is 5.75 Å². The van der Waals surface area contributed by atoms with Gasteiger partial charge in [0.15, 0.2) is 0 Å². The van der Waals surface area contributed by atoms with Crippen LogP contribution in [0.5, 0.6) is 0 Å². The van der Waals surface area contributed by atoms with Crippen LogP contribution in [0.1, 0.15) is 38.5 Å². The van der Waals surface area contributed by atoms with E-state index in [-0.39, 0.29) is 18.7 Å². The number of carbonyl (C=O) groups excluding carboxylic acids is 3. The number of unbranched alkanes of at least 4 members (excludes halogenated alkanes) is 2. The molecular weight excluding hydrogens is 282 g/mol. The first-order chi connectivity index (χ1) is 9.54. The molecule has 20 heavy (non-hydrogen) atoms. The average molecular weight is 305 g/mol. The normalized spacial score (nSPS) is 11.6. The lowest BCUT2D eigenvalue weighted by Gasteiger charge is -2.16. The van der Waals surface area contributed by atoms with Crippen LogP contribution >= 0.6 is 12.6 Å². The van der Waals surface area contributed by atoms with E-state index in [1.165, 1.54) is 0 Å². The molecule has 3 amide bonds. The second-order valence-corrected chi connectivity index (χ2v) is 4.72. The minimum atomic E-state index is -0.838. The molecular formula is C11H23N5O3S. The van der Waals surface area contributed by atoms with E-state index >= 15 is 0 Å². The Kier molecular flexibility index (Phi) is 10.7. The molecule has 1 atom stereocenters. The van der Waals surface area contributed by atoms with Crippen molar-refractivity contribution in [3.63, 3.8) is 0 Å². The molecule has 9 heteroatoms. The van der Waals surface area contributed by atoms with Crippen molar-refractivity contribution in [1.82, 2.24) is 16.2 Å². The summed E-state index contributed by atoms with van der Waals surface area (Å²) in [6, 6.07) is -0.838. The van der Waals surface area contributed by atoms with Gasteiger partial charge in [-0.15, -0.1) is 0 Å². The van der Waals surface area contributed by atoms with Gasteiger partial charge in [-0.1, -0.05) is 6.42 Å². The number of amides is 3. The number of thiol groups is 1. The molecule has 0 spiro atoms. The molecule has 0 radical (unpaired) electrons. The summed E-state index contributed by atoms with van der Waals surface area (Å²) < 4.78 is 0. The molecule has 0 aromatic carbocycles. The second kappa shape index (κ2) is 11.5. The summed E-state index contributed by atoms with van der Waals surface area (Å²) in [5.74, 6) is 9.57. The molecule has 0 bridgehead atoms. The summed E-state index contributed by atoms with van der Waals surface area (Å²) in [4.78, 5) is 34.2. The van der Waals surface area contributed by atoms with Crippen LogP contribution in [0.2, 0.25) is 0 Å². The maximum absolute atomic E-state index is 11.7. The fourth-order valence-electron chi connectivity index (χ4n) is 1.56. The highest BCUT2D eigenvalue weighted by Crippen LogP contribution is 2.03. The van der Waals surface area contributed by atoms with Gasteiger partial charge in [-0.2, -0.15) is 12.6 Å². The van der Waals surface area contributed by atoms with Crippen molar-refractivity contribution >= 4 is 30.4 Å². The van der Waals surface area contributed by atoms with E-state index in [1.54, 1.807) is 0 Å². The van der Waals surface area contributed by atoms with Crippen LogP contribution < -0.4 is 27.9 Å². The molecule has 0 heterocycles. The van der Waals surface area contributed by atoms with E-state index in [2.05, 4.69) is 17.9 Å². The molecule has 0 fully saturated rings. The van der Waals surface area contributed by atoms with Crippen molar-refractivity contribution in [1.29, 1.82) is 0 Å². The smallest absolute Gasteiger partial charge is 0.256 e. The lowest BCUT2D eigenvalue weighted by molar-refractivity contribution is -0.130. The van der Waals surface area contributed by atoms with E-state index < -0.39 is 17.9 Å². The highest BCUT2D eigenvalue weighted by molar-refractivity contribution is 7.80. The Morgan fingerprint density at radius 2 is 1.65 bits per heavy atom. The summed E-state index contributed by atoms with van der Waals surface area (Å²) >= 11 is 4.08. The summed E-state index contributed by atoms with van der Waals surface area (Å²) in [6.45, 7) is 0. The maximum Gasteiger partial charge on any atom is 0.256 e. The fraction of sp³-hybridized carbons (Fsp3) is 0.727. The summed E-state index contributed by atoms with van der Waals surface area (Å²) in [6.07, 6.45) is 3.06. The van der Waals surface area contributed by atoms with Gasteiger partial charge in [-0.3, -0.25) is 25.2 Å². The zero-order valence-corrected chi connectivity index (χ0v) is 12.2. The van der Waals surface area contributed by atoms with Crippen molar-refractivity contribution < 1.29 is 14.4 Å². The third-order valence-electron chi connectivity index (χ3n) is 2.68. The lowest BCUT2D eigenvalue weighted by atomic mass is 10.1. The van der Waals surface area contributed by atoms with Gasteiger partial charge in [-0.05, 0) is 25.0 Å². The average Bonchev–Trinajstić information content (AvgIpc) is 2.46. The fourth-order valence-corrected chi connectivity index (χ4v) is 1.78. The predicted molar refractivity (Wildman–Crippen MR) is 78.1 cm³/mol. The molecule has 0 aliphatic carbocycles. The van der Waals surface area contributed by atoms with Crippen LogP contribution in [0.15, 0.2) is 0 Å². The van der Waals surface area contributed by atoms with Gasteiger partial charge >= 0.3 is 0 Å². The van der Waals surface area contributed by atoms with Gasteiger partial charge in [0.1, 0.15) is 6.04 Å². The van der Waals surface area contributed by atoms with Crippen LogP contribution in [0, 0.1) is 0 Å². The number of hydrogen-bond donors (Lipinski definition) is 6. The minimum Gasteiger partial charge on any atom is -0.344 e. The van der Waals surface area contributed by atoms with Crippen molar-refractivity contribution in [2.24, 2.45) is 11.7 Å². The Morgan fingerprint density at radius 3 is 2.20 bits per heavy atom. The SMILES string of the molecule is NNC(=O)CCC(NC(=O)CCCCCS)C(=O)NN. The van der Waals surface area contributed by atoms with Crippen LogP contribution in [0.3, 0.4) is 0 Å². The molecule has 0 aromatic rings. The lowest BCUT2D eigenvalue weighted by Crippen LogP contribution is -2.49. The van der Waals surface area contributed by atoms with Crippen molar-refractivity contribution in [2.45, 2.75) is 44.6 Å². The Hall–Kier alpha value is -1.32. The van der Waals surface area contributed by atoms with E-state index in [1.807, 2.05) is 10.9 Å². The van der Waals surface area contributed by atoms with Gasteiger partial charge in [-0.25, -0.2) is 11.7 Å². The number of nitrogens with one attached hydrogen (secondary N) is 3. The third kappa shape index (κ3) is 8.73. The van der Waals surface area contributed by atoms with E-state index in [9.17, 15) is 14.4 Å². The van der Waals surface area contributed by atoms with E-state index in [0.717, 1.165) is 25.0 Å². The third-order valence-corrected chi connectivity index (χ3v) is 2.99. The standard InChI is InChI=1S/C11H23N5O3S/c12-15-10(18)6-5-8(11(19)16-13)14-9(17)4-2-1-3-7-20/h8,20H,1-7,12-13H2,(H,14,17)(H,15,18)(H,16,19). The minimum absolute atomic E-state index is 0.0223. The van der Waals surface area contributed by atoms with Crippen LogP contribution in [-0.4, -0.2) is 29.5 Å². The first-order valence-electron chi connectivity index (χ1n) is 6.45. The topological polar surface area (TPSA) is 139 Å². The number of carbonyl (C=O) groups is 3. The molecule has 0 saturated carbocycles. The van der Waals surface area contributed by atoms with Gasteiger partial charge in [0.25, 0.3) is 5.91 Å². The van der Waals surface area contributed by atoms with Crippen LogP contribution in [0.4, 0.5) is 0 Å². The molecule has 7 N–H and O–H groups in total.